The Bertz CT molecular complexity index is 462. The van der Waals surface area contributed by atoms with Crippen LogP contribution in [0, 0.1) is 5.92 Å². The fraction of sp³-hybridized carbons (Fsp3) is 0.500. The Balaban J connectivity index is 2.08. The first-order chi connectivity index (χ1) is 9.15. The molecule has 1 unspecified atom stereocenters. The van der Waals surface area contributed by atoms with E-state index in [4.69, 9.17) is 15.2 Å². The molecular weight excluding hydrogens is 244 g/mol. The summed E-state index contributed by atoms with van der Waals surface area (Å²) in [6.07, 6.45) is 0. The zero-order valence-electron chi connectivity index (χ0n) is 11.4. The van der Waals surface area contributed by atoms with Crippen molar-refractivity contribution < 1.29 is 14.3 Å². The zero-order chi connectivity index (χ0) is 13.8. The molecule has 0 radical (unpaired) electrons. The maximum atomic E-state index is 12.1. The first-order valence-corrected chi connectivity index (χ1v) is 6.53. The minimum absolute atomic E-state index is 0.0858. The van der Waals surface area contributed by atoms with Crippen molar-refractivity contribution in [3.05, 3.63) is 23.8 Å². The Morgan fingerprint density at radius 1 is 1.42 bits per heavy atom. The van der Waals surface area contributed by atoms with Crippen LogP contribution in [0.15, 0.2) is 18.2 Å². The van der Waals surface area contributed by atoms with Crippen LogP contribution in [-0.2, 0) is 11.3 Å². The maximum absolute atomic E-state index is 12.1. The van der Waals surface area contributed by atoms with E-state index in [1.54, 1.807) is 4.90 Å². The van der Waals surface area contributed by atoms with E-state index < -0.39 is 0 Å². The van der Waals surface area contributed by atoms with E-state index in [9.17, 15) is 4.79 Å². The van der Waals surface area contributed by atoms with Crippen molar-refractivity contribution in [1.82, 2.24) is 4.90 Å². The fourth-order valence-corrected chi connectivity index (χ4v) is 2.02. The lowest BCUT2D eigenvalue weighted by molar-refractivity contribution is -0.135. The van der Waals surface area contributed by atoms with E-state index in [1.807, 2.05) is 32.0 Å². The Morgan fingerprint density at radius 3 is 2.84 bits per heavy atom. The van der Waals surface area contributed by atoms with E-state index in [0.717, 1.165) is 17.1 Å². The van der Waals surface area contributed by atoms with Gasteiger partial charge >= 0.3 is 0 Å². The number of carbonyl (C=O) groups excluding carboxylic acids is 1. The third-order valence-electron chi connectivity index (χ3n) is 3.28. The van der Waals surface area contributed by atoms with Crippen molar-refractivity contribution in [3.63, 3.8) is 0 Å². The van der Waals surface area contributed by atoms with Crippen molar-refractivity contribution in [1.29, 1.82) is 0 Å². The van der Waals surface area contributed by atoms with E-state index in [1.165, 1.54) is 0 Å². The minimum Gasteiger partial charge on any atom is -0.454 e. The van der Waals surface area contributed by atoms with Crippen LogP contribution >= 0.6 is 0 Å². The van der Waals surface area contributed by atoms with Crippen LogP contribution in [0.25, 0.3) is 0 Å². The number of hydrogen-bond donors (Lipinski definition) is 1. The fourth-order valence-electron chi connectivity index (χ4n) is 2.02. The number of carbonyl (C=O) groups is 1. The standard InChI is InChI=1S/C14H20N2O3/c1-3-16(14(17)10(2)7-15)8-11-4-5-12-13(6-11)19-9-18-12/h4-6,10H,3,7-9,15H2,1-2H3. The predicted molar refractivity (Wildman–Crippen MR) is 71.9 cm³/mol. The van der Waals surface area contributed by atoms with Gasteiger partial charge in [0.25, 0.3) is 0 Å². The maximum Gasteiger partial charge on any atom is 0.231 e. The number of benzene rings is 1. The van der Waals surface area contributed by atoms with Gasteiger partial charge in [-0.3, -0.25) is 4.79 Å². The second kappa shape index (κ2) is 5.93. The highest BCUT2D eigenvalue weighted by Gasteiger charge is 2.19. The Hall–Kier alpha value is -1.75. The largest absolute Gasteiger partial charge is 0.454 e. The SMILES string of the molecule is CCN(Cc1ccc2c(c1)OCO2)C(=O)C(C)CN. The smallest absolute Gasteiger partial charge is 0.231 e. The molecule has 1 heterocycles. The third-order valence-corrected chi connectivity index (χ3v) is 3.28. The number of hydrogen-bond acceptors (Lipinski definition) is 4. The molecule has 0 fully saturated rings. The highest BCUT2D eigenvalue weighted by molar-refractivity contribution is 5.78. The summed E-state index contributed by atoms with van der Waals surface area (Å²) >= 11 is 0. The minimum atomic E-state index is -0.144. The van der Waals surface area contributed by atoms with Gasteiger partial charge in [-0.15, -0.1) is 0 Å². The molecule has 0 aliphatic carbocycles. The van der Waals surface area contributed by atoms with Gasteiger partial charge < -0.3 is 20.1 Å². The molecular formula is C14H20N2O3. The van der Waals surface area contributed by atoms with E-state index in [-0.39, 0.29) is 18.6 Å². The number of amides is 1. The Labute approximate surface area is 113 Å². The van der Waals surface area contributed by atoms with Gasteiger partial charge in [0, 0.05) is 25.6 Å². The number of nitrogens with two attached hydrogens (primary N) is 1. The lowest BCUT2D eigenvalue weighted by Gasteiger charge is -2.24. The van der Waals surface area contributed by atoms with Gasteiger partial charge in [0.2, 0.25) is 12.7 Å². The quantitative estimate of drug-likeness (QED) is 0.872. The van der Waals surface area contributed by atoms with E-state index >= 15 is 0 Å². The van der Waals surface area contributed by atoms with Crippen molar-refractivity contribution in [2.24, 2.45) is 11.7 Å². The monoisotopic (exact) mass is 264 g/mol. The molecule has 5 heteroatoms. The summed E-state index contributed by atoms with van der Waals surface area (Å²) in [6, 6.07) is 5.75. The second-order valence-corrected chi connectivity index (χ2v) is 4.68. The summed E-state index contributed by atoms with van der Waals surface area (Å²) in [6.45, 7) is 5.68. The lowest BCUT2D eigenvalue weighted by Crippen LogP contribution is -2.37. The molecule has 5 nitrogen and oxygen atoms in total. The summed E-state index contributed by atoms with van der Waals surface area (Å²) in [5.41, 5.74) is 6.58. The van der Waals surface area contributed by atoms with Crippen LogP contribution in [0.5, 0.6) is 11.5 Å². The molecule has 1 amide bonds. The molecule has 1 aliphatic heterocycles. The predicted octanol–water partition coefficient (Wildman–Crippen LogP) is 1.36. The molecule has 0 aromatic heterocycles. The summed E-state index contributed by atoms with van der Waals surface area (Å²) in [7, 11) is 0. The summed E-state index contributed by atoms with van der Waals surface area (Å²) in [5.74, 6) is 1.44. The second-order valence-electron chi connectivity index (χ2n) is 4.68. The van der Waals surface area contributed by atoms with Gasteiger partial charge in [0.05, 0.1) is 0 Å². The molecule has 2 rings (SSSR count). The molecule has 1 aromatic carbocycles. The number of fused-ring (bicyclic) bond motifs is 1. The normalized spacial score (nSPS) is 14.3. The summed E-state index contributed by atoms with van der Waals surface area (Å²) in [5, 5.41) is 0. The van der Waals surface area contributed by atoms with Gasteiger partial charge in [0.15, 0.2) is 11.5 Å². The van der Waals surface area contributed by atoms with Crippen molar-refractivity contribution in [2.75, 3.05) is 19.9 Å². The van der Waals surface area contributed by atoms with Gasteiger partial charge in [-0.05, 0) is 24.6 Å². The molecule has 0 saturated carbocycles. The molecule has 1 atom stereocenters. The van der Waals surface area contributed by atoms with Crippen molar-refractivity contribution >= 4 is 5.91 Å². The molecule has 1 aliphatic rings. The van der Waals surface area contributed by atoms with Gasteiger partial charge in [-0.2, -0.15) is 0 Å². The molecule has 104 valence electrons. The first kappa shape index (κ1) is 13.7. The van der Waals surface area contributed by atoms with Gasteiger partial charge in [-0.1, -0.05) is 13.0 Å². The van der Waals surface area contributed by atoms with Crippen LogP contribution < -0.4 is 15.2 Å². The lowest BCUT2D eigenvalue weighted by atomic mass is 10.1. The van der Waals surface area contributed by atoms with Gasteiger partial charge in [-0.25, -0.2) is 0 Å². The highest BCUT2D eigenvalue weighted by Crippen LogP contribution is 2.32. The third kappa shape index (κ3) is 2.98. The average molecular weight is 264 g/mol. The average Bonchev–Trinajstić information content (AvgIpc) is 2.90. The van der Waals surface area contributed by atoms with Crippen LogP contribution in [0.1, 0.15) is 19.4 Å². The molecule has 0 bridgehead atoms. The summed E-state index contributed by atoms with van der Waals surface area (Å²) < 4.78 is 10.6. The molecule has 19 heavy (non-hydrogen) atoms. The van der Waals surface area contributed by atoms with Crippen molar-refractivity contribution in [2.45, 2.75) is 20.4 Å². The number of ether oxygens (including phenoxy) is 2. The van der Waals surface area contributed by atoms with E-state index in [0.29, 0.717) is 19.6 Å². The Morgan fingerprint density at radius 2 is 2.16 bits per heavy atom. The van der Waals surface area contributed by atoms with Crippen LogP contribution in [0.4, 0.5) is 0 Å². The molecule has 2 N–H and O–H groups in total. The molecule has 1 aromatic rings. The van der Waals surface area contributed by atoms with Crippen molar-refractivity contribution in [3.8, 4) is 11.5 Å². The zero-order valence-corrected chi connectivity index (χ0v) is 11.4. The summed E-state index contributed by atoms with van der Waals surface area (Å²) in [4.78, 5) is 13.9. The Kier molecular flexibility index (Phi) is 4.27. The molecule has 0 saturated heterocycles. The van der Waals surface area contributed by atoms with Gasteiger partial charge in [0.1, 0.15) is 0 Å². The number of nitrogens with zero attached hydrogens (tertiary/aromatic N) is 1. The molecule has 0 spiro atoms. The highest BCUT2D eigenvalue weighted by atomic mass is 16.7. The topological polar surface area (TPSA) is 64.8 Å². The van der Waals surface area contributed by atoms with Crippen LogP contribution in [0.3, 0.4) is 0 Å². The van der Waals surface area contributed by atoms with E-state index in [2.05, 4.69) is 0 Å². The van der Waals surface area contributed by atoms with Crippen LogP contribution in [0.2, 0.25) is 0 Å². The van der Waals surface area contributed by atoms with Crippen LogP contribution in [-0.4, -0.2) is 30.7 Å². The number of rotatable bonds is 5. The first-order valence-electron chi connectivity index (χ1n) is 6.53.